The molecule has 320 valence electrons. The molecule has 1 saturated carbocycles. The highest BCUT2D eigenvalue weighted by Gasteiger charge is 2.65. The minimum absolute atomic E-state index is 0.0384. The molecule has 1 fully saturated rings. The molecule has 1 heterocycles. The van der Waals surface area contributed by atoms with E-state index in [1.807, 2.05) is 49.4 Å². The summed E-state index contributed by atoms with van der Waals surface area (Å²) in [5.41, 5.74) is 3.20. The summed E-state index contributed by atoms with van der Waals surface area (Å²) < 4.78 is 20.8. The Morgan fingerprint density at radius 2 is 1.70 bits per heavy atom. The summed E-state index contributed by atoms with van der Waals surface area (Å²) in [7, 11) is 1.73. The van der Waals surface area contributed by atoms with E-state index in [2.05, 4.69) is 30.9 Å². The Labute approximate surface area is 356 Å². The van der Waals surface area contributed by atoms with Crippen LogP contribution in [0.2, 0.25) is 0 Å². The van der Waals surface area contributed by atoms with Gasteiger partial charge in [-0.15, -0.1) is 6.58 Å². The van der Waals surface area contributed by atoms with Crippen LogP contribution in [0.4, 0.5) is 5.69 Å². The van der Waals surface area contributed by atoms with Crippen LogP contribution in [0, 0.1) is 27.9 Å². The van der Waals surface area contributed by atoms with Crippen molar-refractivity contribution in [3.05, 3.63) is 137 Å². The fourth-order valence-corrected chi connectivity index (χ4v) is 9.45. The number of aliphatic hydroxyl groups excluding tert-OH is 2. The lowest BCUT2D eigenvalue weighted by Crippen LogP contribution is -2.69. The first-order valence-corrected chi connectivity index (χ1v) is 21.3. The number of allylic oxidation sites excluding steroid dienone is 1. The number of nitrogens with zero attached hydrogens (tertiary/aromatic N) is 3. The second kappa shape index (κ2) is 19.7. The maximum absolute atomic E-state index is 14.3. The van der Waals surface area contributed by atoms with Gasteiger partial charge in [0.1, 0.15) is 29.9 Å². The van der Waals surface area contributed by atoms with Gasteiger partial charge in [0.25, 0.3) is 5.69 Å². The number of fused-ring (bicyclic) bond motifs is 3. The third-order valence-corrected chi connectivity index (χ3v) is 12.2. The summed E-state index contributed by atoms with van der Waals surface area (Å²) in [6.07, 6.45) is 11.9. The molecule has 0 aromatic heterocycles. The fourth-order valence-electron chi connectivity index (χ4n) is 9.45. The summed E-state index contributed by atoms with van der Waals surface area (Å²) in [6, 6.07) is 25.4. The lowest BCUT2D eigenvalue weighted by molar-refractivity contribution is -0.384. The molecule has 61 heavy (non-hydrogen) atoms. The van der Waals surface area contributed by atoms with Crippen molar-refractivity contribution in [3.8, 4) is 17.2 Å². The molecular weight excluding hydrogens is 775 g/mol. The molecule has 0 radical (unpaired) electrons. The van der Waals surface area contributed by atoms with E-state index in [1.54, 1.807) is 36.2 Å². The highest BCUT2D eigenvalue weighted by molar-refractivity contribution is 6.03. The second-order valence-corrected chi connectivity index (χ2v) is 15.9. The number of nitro groups is 1. The van der Waals surface area contributed by atoms with Crippen LogP contribution >= 0.6 is 0 Å². The van der Waals surface area contributed by atoms with Crippen LogP contribution in [0.15, 0.2) is 120 Å². The van der Waals surface area contributed by atoms with Crippen LogP contribution in [0.25, 0.3) is 16.8 Å². The average Bonchev–Trinajstić information content (AvgIpc) is 3.27. The zero-order valence-electron chi connectivity index (χ0n) is 34.9. The Morgan fingerprint density at radius 1 is 0.984 bits per heavy atom. The molecule has 12 nitrogen and oxygen atoms in total. The van der Waals surface area contributed by atoms with Gasteiger partial charge in [-0.1, -0.05) is 60.5 Å². The normalized spacial score (nSPS) is 23.4. The average molecular weight is 830 g/mol. The first kappa shape index (κ1) is 43.3. The van der Waals surface area contributed by atoms with Crippen LogP contribution in [0.1, 0.15) is 68.9 Å². The van der Waals surface area contributed by atoms with Gasteiger partial charge in [0.05, 0.1) is 23.2 Å². The van der Waals surface area contributed by atoms with Crippen molar-refractivity contribution in [3.63, 3.8) is 0 Å². The number of likely N-dealkylation sites (N-methyl/N-ethyl adjacent to an activating group) is 1. The molecule has 2 N–H and O–H groups in total. The van der Waals surface area contributed by atoms with Crippen LogP contribution in [0.3, 0.4) is 0 Å². The van der Waals surface area contributed by atoms with Gasteiger partial charge < -0.3 is 34.2 Å². The predicted octanol–water partition coefficient (Wildman–Crippen LogP) is 9.37. The standard InChI is InChI=1S/C49H55N3O9/c1-4-28-58-49-45(51(3)46(55)25-18-33-16-20-37(21-17-33)52(56)57)32-43(50-59-5-2)41-30-36(14-8-10-26-53)40(15-9-11-27-54)47(48(41)49)42-31-39(23-24-44(42)61-49)60-38-22-19-34-12-6-7-13-35(34)29-38/h4,6-7,12-13,16-25,29-31,36,40,45,47-48,53-54H,1,5,8-11,14-15,26-28,32H2,2-3H3. The number of non-ortho nitro benzene ring substituents is 1. The Kier molecular flexibility index (Phi) is 14.0. The number of unbranched alkanes of at least 4 members (excludes halogenated alkanes) is 2. The van der Waals surface area contributed by atoms with E-state index in [9.17, 15) is 25.1 Å². The highest BCUT2D eigenvalue weighted by atomic mass is 16.7. The van der Waals surface area contributed by atoms with Crippen molar-refractivity contribution in [2.75, 3.05) is 33.5 Å². The molecule has 2 aliphatic carbocycles. The van der Waals surface area contributed by atoms with E-state index in [4.69, 9.17) is 24.2 Å². The molecule has 1 aliphatic heterocycles. The predicted molar refractivity (Wildman–Crippen MR) is 236 cm³/mol. The van der Waals surface area contributed by atoms with Gasteiger partial charge in [0.15, 0.2) is 0 Å². The number of amides is 1. The molecule has 3 aliphatic rings. The lowest BCUT2D eigenvalue weighted by atomic mass is 9.55. The fraction of sp³-hybridized carbons (Fsp3) is 0.388. The van der Waals surface area contributed by atoms with Crippen molar-refractivity contribution >= 4 is 34.2 Å². The third-order valence-electron chi connectivity index (χ3n) is 12.2. The Bertz CT molecular complexity index is 2290. The topological polar surface area (TPSA) is 153 Å². The molecule has 6 unspecified atom stereocenters. The summed E-state index contributed by atoms with van der Waals surface area (Å²) >= 11 is 0. The smallest absolute Gasteiger partial charge is 0.269 e. The van der Waals surface area contributed by atoms with E-state index < -0.39 is 22.7 Å². The largest absolute Gasteiger partial charge is 0.459 e. The number of hydrogen-bond donors (Lipinski definition) is 2. The number of rotatable bonds is 19. The van der Waals surface area contributed by atoms with E-state index in [0.717, 1.165) is 47.6 Å². The first-order valence-electron chi connectivity index (χ1n) is 21.3. The van der Waals surface area contributed by atoms with E-state index >= 15 is 0 Å². The van der Waals surface area contributed by atoms with Gasteiger partial charge in [-0.2, -0.15) is 0 Å². The molecular formula is C49H55N3O9. The van der Waals surface area contributed by atoms with Crippen molar-refractivity contribution in [1.82, 2.24) is 4.90 Å². The molecule has 4 aromatic carbocycles. The summed E-state index contributed by atoms with van der Waals surface area (Å²) in [5.74, 6) is -0.279. The van der Waals surface area contributed by atoms with Crippen LogP contribution < -0.4 is 9.47 Å². The monoisotopic (exact) mass is 829 g/mol. The zero-order chi connectivity index (χ0) is 42.9. The number of nitro benzene ring substituents is 1. The Morgan fingerprint density at radius 3 is 2.43 bits per heavy atom. The summed E-state index contributed by atoms with van der Waals surface area (Å²) in [4.78, 5) is 32.5. The SMILES string of the molecule is C=CCOC12Oc3ccc(Oc4ccc5ccccc5c4)cc3C3C(CCCCO)C(CCCCO)C=C(C(=NOCC)CC1N(C)C(=O)C=Cc1ccc([N+](=O)[O-])cc1)C32. The number of aliphatic hydroxyl groups is 2. The molecule has 4 aromatic rings. The lowest BCUT2D eigenvalue weighted by Gasteiger charge is -2.59. The molecule has 7 rings (SSSR count). The van der Waals surface area contributed by atoms with E-state index in [-0.39, 0.29) is 55.6 Å². The second-order valence-electron chi connectivity index (χ2n) is 15.9. The van der Waals surface area contributed by atoms with E-state index in [0.29, 0.717) is 48.0 Å². The van der Waals surface area contributed by atoms with Crippen molar-refractivity contribution in [2.45, 2.75) is 69.6 Å². The van der Waals surface area contributed by atoms with Crippen molar-refractivity contribution in [1.29, 1.82) is 0 Å². The minimum atomic E-state index is -1.40. The van der Waals surface area contributed by atoms with Crippen molar-refractivity contribution in [2.24, 2.45) is 22.9 Å². The van der Waals surface area contributed by atoms with Gasteiger partial charge in [-0.25, -0.2) is 0 Å². The maximum atomic E-state index is 14.3. The van der Waals surface area contributed by atoms with Gasteiger partial charge in [0.2, 0.25) is 11.7 Å². The van der Waals surface area contributed by atoms with Crippen LogP contribution in [-0.2, 0) is 14.4 Å². The molecule has 1 amide bonds. The third kappa shape index (κ3) is 9.27. The molecule has 0 spiro atoms. The summed E-state index contributed by atoms with van der Waals surface area (Å²) in [5, 5.41) is 37.9. The zero-order valence-corrected chi connectivity index (χ0v) is 34.9. The van der Waals surface area contributed by atoms with Crippen LogP contribution in [0.5, 0.6) is 17.2 Å². The molecule has 0 bridgehead atoms. The van der Waals surface area contributed by atoms with Gasteiger partial charge in [-0.3, -0.25) is 14.9 Å². The van der Waals surface area contributed by atoms with Gasteiger partial charge in [-0.05, 0) is 115 Å². The van der Waals surface area contributed by atoms with E-state index in [1.165, 1.54) is 18.2 Å². The summed E-state index contributed by atoms with van der Waals surface area (Å²) in [6.45, 7) is 6.54. The Hall–Kier alpha value is -5.82. The molecule has 0 saturated heterocycles. The Balaban J connectivity index is 1.37. The number of carbonyl (C=O) groups excluding carboxylic acids is 1. The molecule has 12 heteroatoms. The minimum Gasteiger partial charge on any atom is -0.459 e. The number of carbonyl (C=O) groups is 1. The number of hydrogen-bond acceptors (Lipinski definition) is 10. The number of oxime groups is 1. The van der Waals surface area contributed by atoms with Gasteiger partial charge >= 0.3 is 0 Å². The van der Waals surface area contributed by atoms with Gasteiger partial charge in [0, 0.05) is 56.4 Å². The first-order chi connectivity index (χ1) is 29.7. The highest BCUT2D eigenvalue weighted by Crippen LogP contribution is 2.62. The number of ether oxygens (including phenoxy) is 3. The number of benzene rings is 4. The van der Waals surface area contributed by atoms with Crippen LogP contribution in [-0.4, -0.2) is 77.0 Å². The molecule has 6 atom stereocenters. The maximum Gasteiger partial charge on any atom is 0.269 e. The van der Waals surface area contributed by atoms with Crippen molar-refractivity contribution < 1.29 is 39.0 Å². The quantitative estimate of drug-likeness (QED) is 0.0310.